The highest BCUT2D eigenvalue weighted by atomic mass is 32.2. The average Bonchev–Trinajstić information content (AvgIpc) is 3.38. The van der Waals surface area contributed by atoms with E-state index in [0.717, 1.165) is 27.0 Å². The number of rotatable bonds is 5. The zero-order valence-corrected chi connectivity index (χ0v) is 20.6. The van der Waals surface area contributed by atoms with Crippen LogP contribution in [-0.2, 0) is 4.79 Å². The lowest BCUT2D eigenvalue weighted by molar-refractivity contribution is -0.142. The maximum Gasteiger partial charge on any atom is 0.327 e. The molecule has 4 aromatic rings. The normalized spacial score (nSPS) is 16.5. The van der Waals surface area contributed by atoms with Crippen LogP contribution in [0.25, 0.3) is 21.3 Å². The van der Waals surface area contributed by atoms with Gasteiger partial charge >= 0.3 is 5.97 Å². The highest BCUT2D eigenvalue weighted by molar-refractivity contribution is 8.00. The fourth-order valence-electron chi connectivity index (χ4n) is 4.16. The van der Waals surface area contributed by atoms with Gasteiger partial charge in [0.2, 0.25) is 0 Å². The maximum atomic E-state index is 13.4. The molecular weight excluding hydrogens is 497 g/mol. The standard InChI is InChI=1S/C26H22FN3O3S2.CH4/c1-26(2)22(24(32)33)30(14-34-26)23(31)17-5-3-15(4-6-17)16-7-10-19(11-8-16)28-25-29-20-12-9-18(27)13-21(20)35-25;/h3-13,22H,14H2,1-2H3,(H,28,29)(H,32,33);1H4/t22-;/m1./s1. The summed E-state index contributed by atoms with van der Waals surface area (Å²) >= 11 is 2.86. The van der Waals surface area contributed by atoms with Crippen molar-refractivity contribution in [2.45, 2.75) is 32.1 Å². The number of nitrogens with one attached hydrogen (secondary N) is 1. The second kappa shape index (κ2) is 9.91. The topological polar surface area (TPSA) is 82.5 Å². The molecule has 9 heteroatoms. The molecule has 1 amide bonds. The van der Waals surface area contributed by atoms with Crippen molar-refractivity contribution in [3.63, 3.8) is 0 Å². The van der Waals surface area contributed by atoms with E-state index in [1.54, 1.807) is 18.2 Å². The molecule has 186 valence electrons. The SMILES string of the molecule is C.CC1(C)SCN(C(=O)c2ccc(-c3ccc(Nc4nc5ccc(F)cc5s4)cc3)cc2)[C@@H]1C(=O)O. The van der Waals surface area contributed by atoms with Gasteiger partial charge in [0.25, 0.3) is 5.91 Å². The van der Waals surface area contributed by atoms with Gasteiger partial charge in [0, 0.05) is 16.0 Å². The van der Waals surface area contributed by atoms with Crippen molar-refractivity contribution in [1.29, 1.82) is 0 Å². The summed E-state index contributed by atoms with van der Waals surface area (Å²) in [6.45, 7) is 3.70. The Morgan fingerprint density at radius 1 is 1.06 bits per heavy atom. The highest BCUT2D eigenvalue weighted by Crippen LogP contribution is 2.40. The summed E-state index contributed by atoms with van der Waals surface area (Å²) in [6.07, 6.45) is 0. The maximum absolute atomic E-state index is 13.4. The number of amides is 1. The van der Waals surface area contributed by atoms with Crippen molar-refractivity contribution in [3.8, 4) is 11.1 Å². The van der Waals surface area contributed by atoms with Crippen LogP contribution in [0.4, 0.5) is 15.2 Å². The van der Waals surface area contributed by atoms with Gasteiger partial charge in [0.05, 0.1) is 16.1 Å². The number of thioether (sulfide) groups is 1. The van der Waals surface area contributed by atoms with Crippen molar-refractivity contribution in [2.24, 2.45) is 0 Å². The van der Waals surface area contributed by atoms with E-state index in [9.17, 15) is 19.1 Å². The number of carbonyl (C=O) groups excluding carboxylic acids is 1. The zero-order valence-electron chi connectivity index (χ0n) is 19.0. The van der Waals surface area contributed by atoms with Crippen LogP contribution in [0, 0.1) is 5.82 Å². The Balaban J connectivity index is 0.00000304. The molecule has 6 nitrogen and oxygen atoms in total. The number of nitrogens with zero attached hydrogens (tertiary/aromatic N) is 2. The molecule has 1 aliphatic rings. The van der Waals surface area contributed by atoms with Gasteiger partial charge in [-0.25, -0.2) is 14.2 Å². The van der Waals surface area contributed by atoms with Crippen molar-refractivity contribution < 1.29 is 19.1 Å². The summed E-state index contributed by atoms with van der Waals surface area (Å²) in [4.78, 5) is 30.7. The van der Waals surface area contributed by atoms with Crippen molar-refractivity contribution >= 4 is 56.0 Å². The van der Waals surface area contributed by atoms with Crippen LogP contribution in [-0.4, -0.2) is 43.5 Å². The molecule has 2 heterocycles. The number of hydrogen-bond donors (Lipinski definition) is 2. The lowest BCUT2D eigenvalue weighted by Crippen LogP contribution is -2.48. The minimum Gasteiger partial charge on any atom is -0.480 e. The molecule has 1 saturated heterocycles. The van der Waals surface area contributed by atoms with E-state index >= 15 is 0 Å². The number of hydrogen-bond acceptors (Lipinski definition) is 6. The second-order valence-corrected chi connectivity index (χ2v) is 11.4. The number of aromatic nitrogens is 1. The minimum absolute atomic E-state index is 0. The summed E-state index contributed by atoms with van der Waals surface area (Å²) in [5.74, 6) is -1.20. The Labute approximate surface area is 217 Å². The largest absolute Gasteiger partial charge is 0.480 e. The average molecular weight is 524 g/mol. The number of benzene rings is 3. The third kappa shape index (κ3) is 4.94. The van der Waals surface area contributed by atoms with E-state index in [1.165, 1.54) is 40.1 Å². The molecule has 0 saturated carbocycles. The number of halogens is 1. The predicted octanol–water partition coefficient (Wildman–Crippen LogP) is 6.86. The molecule has 1 fully saturated rings. The summed E-state index contributed by atoms with van der Waals surface area (Å²) in [7, 11) is 0. The number of fused-ring (bicyclic) bond motifs is 1. The molecule has 1 atom stereocenters. The van der Waals surface area contributed by atoms with Crippen LogP contribution in [0.5, 0.6) is 0 Å². The number of carbonyl (C=O) groups is 2. The molecule has 0 unspecified atom stereocenters. The van der Waals surface area contributed by atoms with Crippen LogP contribution in [0.1, 0.15) is 31.6 Å². The first-order chi connectivity index (χ1) is 16.7. The Hall–Kier alpha value is -3.43. The fraction of sp³-hybridized carbons (Fsp3) is 0.222. The van der Waals surface area contributed by atoms with E-state index in [1.807, 2.05) is 50.2 Å². The Kier molecular flexibility index (Phi) is 7.06. The number of thiazole rings is 1. The molecule has 5 rings (SSSR count). The minimum atomic E-state index is -0.989. The molecule has 0 spiro atoms. The molecule has 1 aliphatic heterocycles. The van der Waals surface area contributed by atoms with Crippen molar-refractivity contribution in [3.05, 3.63) is 78.1 Å². The second-order valence-electron chi connectivity index (χ2n) is 8.80. The summed E-state index contributed by atoms with van der Waals surface area (Å²) in [5.41, 5.74) is 3.98. The van der Waals surface area contributed by atoms with Crippen LogP contribution in [0.2, 0.25) is 0 Å². The molecule has 2 N–H and O–H groups in total. The molecule has 3 aromatic carbocycles. The predicted molar refractivity (Wildman–Crippen MR) is 146 cm³/mol. The Bertz CT molecular complexity index is 1420. The van der Waals surface area contributed by atoms with Gasteiger partial charge in [-0.15, -0.1) is 11.8 Å². The highest BCUT2D eigenvalue weighted by Gasteiger charge is 2.48. The van der Waals surface area contributed by atoms with Crippen LogP contribution >= 0.6 is 23.1 Å². The number of carboxylic acid groups (broad SMARTS) is 1. The molecule has 1 aromatic heterocycles. The van der Waals surface area contributed by atoms with E-state index < -0.39 is 16.8 Å². The van der Waals surface area contributed by atoms with Gasteiger partial charge in [-0.2, -0.15) is 0 Å². The van der Waals surface area contributed by atoms with Crippen LogP contribution < -0.4 is 5.32 Å². The molecular formula is C27H26FN3O3S2. The number of carboxylic acids is 1. The molecule has 0 radical (unpaired) electrons. The van der Waals surface area contributed by atoms with E-state index in [2.05, 4.69) is 10.3 Å². The summed E-state index contributed by atoms with van der Waals surface area (Å²) < 4.78 is 13.7. The quantitative estimate of drug-likeness (QED) is 0.297. The first-order valence-corrected chi connectivity index (χ1v) is 12.7. The van der Waals surface area contributed by atoms with Crippen molar-refractivity contribution in [1.82, 2.24) is 9.88 Å². The van der Waals surface area contributed by atoms with E-state index in [4.69, 9.17) is 0 Å². The third-order valence-electron chi connectivity index (χ3n) is 5.99. The van der Waals surface area contributed by atoms with Gasteiger partial charge in [0.1, 0.15) is 11.9 Å². The number of anilines is 2. The van der Waals surface area contributed by atoms with Gasteiger partial charge in [-0.1, -0.05) is 43.0 Å². The number of aliphatic carboxylic acids is 1. The summed E-state index contributed by atoms with van der Waals surface area (Å²) in [5, 5.41) is 13.6. The Morgan fingerprint density at radius 3 is 2.33 bits per heavy atom. The van der Waals surface area contributed by atoms with Crippen LogP contribution in [0.3, 0.4) is 0 Å². The van der Waals surface area contributed by atoms with E-state index in [0.29, 0.717) is 16.6 Å². The lowest BCUT2D eigenvalue weighted by atomic mass is 10.00. The molecule has 0 aliphatic carbocycles. The first-order valence-electron chi connectivity index (χ1n) is 10.9. The van der Waals surface area contributed by atoms with E-state index in [-0.39, 0.29) is 19.2 Å². The lowest BCUT2D eigenvalue weighted by Gasteiger charge is -2.27. The van der Waals surface area contributed by atoms with Gasteiger partial charge < -0.3 is 15.3 Å². The zero-order chi connectivity index (χ0) is 24.7. The van der Waals surface area contributed by atoms with Gasteiger partial charge in [0.15, 0.2) is 5.13 Å². The van der Waals surface area contributed by atoms with Gasteiger partial charge in [-0.05, 0) is 67.4 Å². The molecule has 36 heavy (non-hydrogen) atoms. The van der Waals surface area contributed by atoms with Crippen molar-refractivity contribution in [2.75, 3.05) is 11.2 Å². The smallest absolute Gasteiger partial charge is 0.327 e. The Morgan fingerprint density at radius 2 is 1.69 bits per heavy atom. The third-order valence-corrected chi connectivity index (χ3v) is 8.30. The van der Waals surface area contributed by atoms with Crippen LogP contribution in [0.15, 0.2) is 66.7 Å². The molecule has 0 bridgehead atoms. The summed E-state index contributed by atoms with van der Waals surface area (Å²) in [6, 6.07) is 18.7. The first kappa shape index (κ1) is 25.7. The fourth-order valence-corrected chi connectivity index (χ4v) is 6.20. The monoisotopic (exact) mass is 523 g/mol. The van der Waals surface area contributed by atoms with Gasteiger partial charge in [-0.3, -0.25) is 4.79 Å².